The van der Waals surface area contributed by atoms with E-state index in [2.05, 4.69) is 89.2 Å². The van der Waals surface area contributed by atoms with Gasteiger partial charge in [0.1, 0.15) is 0 Å². The van der Waals surface area contributed by atoms with Crippen molar-refractivity contribution in [2.75, 3.05) is 58.0 Å². The summed E-state index contributed by atoms with van der Waals surface area (Å²) in [6.07, 6.45) is 7.26. The number of halogens is 1. The van der Waals surface area contributed by atoms with Gasteiger partial charge in [0.05, 0.1) is 47.7 Å². The minimum atomic E-state index is -0.308. The molecule has 0 bridgehead atoms. The van der Waals surface area contributed by atoms with Crippen molar-refractivity contribution in [2.45, 2.75) is 97.1 Å². The molecule has 0 spiro atoms. The van der Waals surface area contributed by atoms with Crippen molar-refractivity contribution in [2.24, 2.45) is 5.41 Å². The molecule has 3 aromatic rings. The predicted molar refractivity (Wildman–Crippen MR) is 189 cm³/mol. The zero-order valence-corrected chi connectivity index (χ0v) is 30.2. The minimum absolute atomic E-state index is 0.0979. The highest BCUT2D eigenvalue weighted by atomic mass is 79.9. The molecule has 0 amide bonds. The molecule has 0 radical (unpaired) electrons. The van der Waals surface area contributed by atoms with Gasteiger partial charge in [-0.25, -0.2) is 0 Å². The molecule has 252 valence electrons. The Kier molecular flexibility index (Phi) is 10.2. The number of aromatic nitrogens is 2. The van der Waals surface area contributed by atoms with Crippen LogP contribution in [0.15, 0.2) is 34.9 Å². The fourth-order valence-electron chi connectivity index (χ4n) is 7.33. The van der Waals surface area contributed by atoms with E-state index in [0.29, 0.717) is 13.2 Å². The normalized spacial score (nSPS) is 21.7. The molecule has 1 saturated carbocycles. The fourth-order valence-corrected chi connectivity index (χ4v) is 7.69. The summed E-state index contributed by atoms with van der Waals surface area (Å²) in [5.74, 6) is 0. The number of ether oxygens (including phenoxy) is 3. The summed E-state index contributed by atoms with van der Waals surface area (Å²) < 4.78 is 21.9. The molecule has 1 aromatic carbocycles. The maximum absolute atomic E-state index is 10.4. The van der Waals surface area contributed by atoms with Crippen molar-refractivity contribution in [1.82, 2.24) is 14.5 Å². The molecule has 8 nitrogen and oxygen atoms in total. The highest BCUT2D eigenvalue weighted by molar-refractivity contribution is 9.10. The third-order valence-electron chi connectivity index (χ3n) is 10.2. The molecule has 46 heavy (non-hydrogen) atoms. The van der Waals surface area contributed by atoms with Crippen LogP contribution in [-0.4, -0.2) is 90.4 Å². The molecule has 3 aliphatic rings. The summed E-state index contributed by atoms with van der Waals surface area (Å²) in [4.78, 5) is 10.3. The van der Waals surface area contributed by atoms with Crippen LogP contribution in [0, 0.1) is 5.41 Å². The second-order valence-electron chi connectivity index (χ2n) is 15.0. The Morgan fingerprint density at radius 3 is 2.57 bits per heavy atom. The van der Waals surface area contributed by atoms with E-state index < -0.39 is 0 Å². The highest BCUT2D eigenvalue weighted by Crippen LogP contribution is 2.42. The fraction of sp³-hybridized carbons (Fsp3) is 0.649. The van der Waals surface area contributed by atoms with Crippen LogP contribution in [0.2, 0.25) is 0 Å². The van der Waals surface area contributed by atoms with Crippen LogP contribution in [0.4, 0.5) is 5.69 Å². The summed E-state index contributed by atoms with van der Waals surface area (Å²) in [5.41, 5.74) is 6.25. The molecule has 9 heteroatoms. The van der Waals surface area contributed by atoms with E-state index in [1.54, 1.807) is 7.11 Å². The molecule has 2 atom stereocenters. The minimum Gasteiger partial charge on any atom is -0.396 e. The molecule has 6 rings (SSSR count). The van der Waals surface area contributed by atoms with Crippen LogP contribution in [-0.2, 0) is 27.2 Å². The number of fused-ring (bicyclic) bond motifs is 1. The van der Waals surface area contributed by atoms with Crippen LogP contribution in [0.25, 0.3) is 22.2 Å². The van der Waals surface area contributed by atoms with Gasteiger partial charge in [-0.15, -0.1) is 0 Å². The summed E-state index contributed by atoms with van der Waals surface area (Å²) in [7, 11) is 1.76. The maximum atomic E-state index is 10.4. The average molecular weight is 698 g/mol. The SMILES string of the molecule is CO[C@@H](C)c1ncc(N2CCN(C3CC3)CC2)cc1-c1c(CC(C)(C)CO)c2cc(Br)ccc2n1CCO[C@H]1CCOC(C)(C)C1. The molecular weight excluding hydrogens is 644 g/mol. The number of hydrogen-bond acceptors (Lipinski definition) is 7. The van der Waals surface area contributed by atoms with Crippen molar-refractivity contribution in [1.29, 1.82) is 0 Å². The van der Waals surface area contributed by atoms with Gasteiger partial charge in [0, 0.05) is 86.4 Å². The maximum Gasteiger partial charge on any atom is 0.0969 e. The zero-order chi connectivity index (χ0) is 32.6. The molecule has 1 N–H and O–H groups in total. The first kappa shape index (κ1) is 33.9. The number of hydrogen-bond donors (Lipinski definition) is 1. The lowest BCUT2D eigenvalue weighted by Gasteiger charge is -2.36. The smallest absolute Gasteiger partial charge is 0.0969 e. The molecule has 2 saturated heterocycles. The largest absolute Gasteiger partial charge is 0.396 e. The highest BCUT2D eigenvalue weighted by Gasteiger charge is 2.33. The van der Waals surface area contributed by atoms with E-state index in [1.807, 2.05) is 6.20 Å². The van der Waals surface area contributed by atoms with Gasteiger partial charge in [0.25, 0.3) is 0 Å². The number of aliphatic hydroxyl groups is 1. The Bertz CT molecular complexity index is 1510. The molecule has 1 aliphatic carbocycles. The Hall–Kier alpha value is -2.01. The molecular formula is C37H53BrN4O4. The van der Waals surface area contributed by atoms with Crippen LogP contribution in [0.1, 0.15) is 77.7 Å². The number of pyridine rings is 1. The monoisotopic (exact) mass is 696 g/mol. The van der Waals surface area contributed by atoms with Crippen molar-refractivity contribution in [3.05, 3.63) is 46.2 Å². The standard InChI is InChI=1S/C37H53BrN4O4/c1-25(44-6)34-31(20-28(23-39-34)41-14-12-40(13-15-41)27-8-9-27)35-32(22-36(2,3)24-43)30-19-26(38)7-10-33(30)42(35)16-18-45-29-11-17-46-37(4,5)21-29/h7,10,19-20,23,25,27,29,43H,8-9,11-18,21-22,24H2,1-6H3/t25-,29-/m0/s1. The summed E-state index contributed by atoms with van der Waals surface area (Å²) in [6.45, 7) is 17.0. The Morgan fingerprint density at radius 1 is 1.13 bits per heavy atom. The van der Waals surface area contributed by atoms with Gasteiger partial charge in [-0.3, -0.25) is 9.88 Å². The van der Waals surface area contributed by atoms with Gasteiger partial charge in [-0.05, 0) is 81.7 Å². The summed E-state index contributed by atoms with van der Waals surface area (Å²) >= 11 is 3.76. The number of piperazine rings is 1. The Morgan fingerprint density at radius 2 is 1.89 bits per heavy atom. The van der Waals surface area contributed by atoms with E-state index in [0.717, 1.165) is 90.7 Å². The number of nitrogens with zero attached hydrogens (tertiary/aromatic N) is 4. The van der Waals surface area contributed by atoms with Crippen molar-refractivity contribution >= 4 is 32.5 Å². The van der Waals surface area contributed by atoms with E-state index in [9.17, 15) is 5.11 Å². The van der Waals surface area contributed by atoms with Crippen molar-refractivity contribution in [3.63, 3.8) is 0 Å². The summed E-state index contributed by atoms with van der Waals surface area (Å²) in [6, 6.07) is 9.71. The van der Waals surface area contributed by atoms with Gasteiger partial charge in [0.15, 0.2) is 0 Å². The first-order chi connectivity index (χ1) is 22.0. The molecule has 4 heterocycles. The first-order valence-corrected chi connectivity index (χ1v) is 18.0. The van der Waals surface area contributed by atoms with Gasteiger partial charge in [-0.1, -0.05) is 29.8 Å². The molecule has 2 aliphatic heterocycles. The second-order valence-corrected chi connectivity index (χ2v) is 15.9. The van der Waals surface area contributed by atoms with Crippen LogP contribution >= 0.6 is 15.9 Å². The lowest BCUT2D eigenvalue weighted by atomic mass is 9.84. The molecule has 3 fully saturated rings. The summed E-state index contributed by atoms with van der Waals surface area (Å²) in [5, 5.41) is 11.6. The van der Waals surface area contributed by atoms with Gasteiger partial charge in [0.2, 0.25) is 0 Å². The van der Waals surface area contributed by atoms with Crippen LogP contribution in [0.5, 0.6) is 0 Å². The van der Waals surface area contributed by atoms with Crippen molar-refractivity contribution < 1.29 is 19.3 Å². The average Bonchev–Trinajstić information content (AvgIpc) is 3.85. The number of aliphatic hydroxyl groups excluding tert-OH is 1. The van der Waals surface area contributed by atoms with Gasteiger partial charge >= 0.3 is 0 Å². The quantitative estimate of drug-likeness (QED) is 0.219. The lowest BCUT2D eigenvalue weighted by molar-refractivity contribution is -0.116. The van der Waals surface area contributed by atoms with Gasteiger partial charge in [-0.2, -0.15) is 0 Å². The van der Waals surface area contributed by atoms with Gasteiger partial charge < -0.3 is 28.8 Å². The first-order valence-electron chi connectivity index (χ1n) is 17.2. The molecule has 0 unspecified atom stereocenters. The van der Waals surface area contributed by atoms with E-state index >= 15 is 0 Å². The van der Waals surface area contributed by atoms with E-state index in [4.69, 9.17) is 19.2 Å². The third kappa shape index (κ3) is 7.50. The Labute approximate surface area is 283 Å². The van der Waals surface area contributed by atoms with E-state index in [1.165, 1.54) is 23.8 Å². The third-order valence-corrected chi connectivity index (χ3v) is 10.7. The molecule has 2 aromatic heterocycles. The van der Waals surface area contributed by atoms with Crippen LogP contribution < -0.4 is 4.90 Å². The van der Waals surface area contributed by atoms with E-state index in [-0.39, 0.29) is 29.8 Å². The lowest BCUT2D eigenvalue weighted by Crippen LogP contribution is -2.47. The number of benzene rings is 1. The Balaban J connectivity index is 1.44. The number of rotatable bonds is 12. The topological polar surface area (TPSA) is 72.2 Å². The van der Waals surface area contributed by atoms with Crippen molar-refractivity contribution in [3.8, 4) is 11.3 Å². The van der Waals surface area contributed by atoms with Crippen LogP contribution in [0.3, 0.4) is 0 Å². The number of anilines is 1. The zero-order valence-electron chi connectivity index (χ0n) is 28.6. The predicted octanol–water partition coefficient (Wildman–Crippen LogP) is 6.99. The second kappa shape index (κ2) is 13.8. The number of methoxy groups -OCH3 is 1.